The van der Waals surface area contributed by atoms with E-state index in [1.54, 1.807) is 35.7 Å². The van der Waals surface area contributed by atoms with Gasteiger partial charge in [-0.2, -0.15) is 0 Å². The van der Waals surface area contributed by atoms with Crippen molar-refractivity contribution in [3.8, 4) is 5.69 Å². The molecule has 0 bridgehead atoms. The van der Waals surface area contributed by atoms with E-state index in [9.17, 15) is 14.0 Å². The number of para-hydroxylation sites is 1. The van der Waals surface area contributed by atoms with Crippen molar-refractivity contribution < 1.29 is 4.39 Å². The van der Waals surface area contributed by atoms with Gasteiger partial charge in [-0.3, -0.25) is 9.36 Å². The predicted molar refractivity (Wildman–Crippen MR) is 102 cm³/mol. The Labute approximate surface area is 156 Å². The number of nitrogens with zero attached hydrogens (tertiary/aromatic N) is 2. The Morgan fingerprint density at radius 1 is 1.04 bits per heavy atom. The lowest BCUT2D eigenvalue weighted by Gasteiger charge is -2.13. The molecule has 4 aromatic rings. The van der Waals surface area contributed by atoms with Gasteiger partial charge in [-0.15, -0.1) is 11.3 Å². The molecule has 0 amide bonds. The van der Waals surface area contributed by atoms with E-state index < -0.39 is 17.1 Å². The first-order valence-electron chi connectivity index (χ1n) is 7.78. The molecule has 2 aromatic heterocycles. The Hall–Kier alpha value is -2.70. The molecule has 130 valence electrons. The van der Waals surface area contributed by atoms with Gasteiger partial charge in [0, 0.05) is 5.02 Å². The SMILES string of the molecule is O=c1c2sccc2n(Cc2cccc(Cl)c2)c(=O)n1-c1ccccc1F. The summed E-state index contributed by atoms with van der Waals surface area (Å²) in [7, 11) is 0. The van der Waals surface area contributed by atoms with Crippen LogP contribution in [-0.4, -0.2) is 9.13 Å². The average Bonchev–Trinajstić information content (AvgIpc) is 3.10. The largest absolute Gasteiger partial charge is 0.336 e. The molecular formula is C19H12ClFN2O2S. The molecule has 0 aliphatic heterocycles. The van der Waals surface area contributed by atoms with Crippen LogP contribution in [0.4, 0.5) is 4.39 Å². The van der Waals surface area contributed by atoms with Crippen LogP contribution < -0.4 is 11.2 Å². The summed E-state index contributed by atoms with van der Waals surface area (Å²) in [6.45, 7) is 0.224. The lowest BCUT2D eigenvalue weighted by atomic mass is 10.2. The lowest BCUT2D eigenvalue weighted by Crippen LogP contribution is -2.39. The van der Waals surface area contributed by atoms with Crippen LogP contribution in [0.3, 0.4) is 0 Å². The molecule has 2 heterocycles. The normalized spacial score (nSPS) is 11.2. The number of thiophene rings is 1. The number of rotatable bonds is 3. The zero-order chi connectivity index (χ0) is 18.3. The van der Waals surface area contributed by atoms with E-state index >= 15 is 0 Å². The Kier molecular flexibility index (Phi) is 4.22. The molecule has 7 heteroatoms. The number of fused-ring (bicyclic) bond motifs is 1. The van der Waals surface area contributed by atoms with Gasteiger partial charge in [0.05, 0.1) is 17.7 Å². The summed E-state index contributed by atoms with van der Waals surface area (Å²) < 4.78 is 17.0. The van der Waals surface area contributed by atoms with Gasteiger partial charge in [0.2, 0.25) is 0 Å². The van der Waals surface area contributed by atoms with Gasteiger partial charge in [-0.1, -0.05) is 35.9 Å². The third-order valence-corrected chi connectivity index (χ3v) is 5.20. The molecule has 4 nitrogen and oxygen atoms in total. The first-order valence-corrected chi connectivity index (χ1v) is 9.04. The second kappa shape index (κ2) is 6.55. The van der Waals surface area contributed by atoms with E-state index in [4.69, 9.17) is 11.6 Å². The fourth-order valence-corrected chi connectivity index (χ4v) is 3.94. The Balaban J connectivity index is 2.02. The van der Waals surface area contributed by atoms with Crippen molar-refractivity contribution in [1.29, 1.82) is 0 Å². The molecule has 0 atom stereocenters. The quantitative estimate of drug-likeness (QED) is 0.533. The van der Waals surface area contributed by atoms with E-state index in [0.29, 0.717) is 15.2 Å². The Bertz CT molecular complexity index is 1240. The topological polar surface area (TPSA) is 44.0 Å². The van der Waals surface area contributed by atoms with Gasteiger partial charge in [0.15, 0.2) is 0 Å². The summed E-state index contributed by atoms with van der Waals surface area (Å²) in [5.74, 6) is -0.628. The molecule has 0 radical (unpaired) electrons. The monoisotopic (exact) mass is 386 g/mol. The highest BCUT2D eigenvalue weighted by Crippen LogP contribution is 2.19. The van der Waals surface area contributed by atoms with Crippen molar-refractivity contribution in [2.24, 2.45) is 0 Å². The molecule has 0 aliphatic rings. The van der Waals surface area contributed by atoms with Gasteiger partial charge in [-0.25, -0.2) is 13.8 Å². The maximum atomic E-state index is 14.3. The number of halogens is 2. The molecule has 2 aromatic carbocycles. The second-order valence-electron chi connectivity index (χ2n) is 5.73. The third-order valence-electron chi connectivity index (χ3n) is 4.08. The fraction of sp³-hybridized carbons (Fsp3) is 0.0526. The van der Waals surface area contributed by atoms with E-state index in [2.05, 4.69) is 0 Å². The molecule has 0 spiro atoms. The van der Waals surface area contributed by atoms with Gasteiger partial charge in [0.25, 0.3) is 5.56 Å². The number of hydrogen-bond donors (Lipinski definition) is 0. The zero-order valence-electron chi connectivity index (χ0n) is 13.4. The second-order valence-corrected chi connectivity index (χ2v) is 7.08. The average molecular weight is 387 g/mol. The van der Waals surface area contributed by atoms with Crippen molar-refractivity contribution in [3.63, 3.8) is 0 Å². The van der Waals surface area contributed by atoms with E-state index in [0.717, 1.165) is 10.1 Å². The van der Waals surface area contributed by atoms with E-state index in [-0.39, 0.29) is 12.2 Å². The summed E-state index contributed by atoms with van der Waals surface area (Å²) in [5.41, 5.74) is 0.166. The summed E-state index contributed by atoms with van der Waals surface area (Å²) in [6, 6.07) is 14.6. The zero-order valence-corrected chi connectivity index (χ0v) is 14.9. The third kappa shape index (κ3) is 2.77. The number of aromatic nitrogens is 2. The standard InChI is InChI=1S/C19H12ClFN2O2S/c20-13-5-3-4-12(10-13)11-22-16-8-9-26-17(16)18(24)23(19(22)25)15-7-2-1-6-14(15)21/h1-10H,11H2. The van der Waals surface area contributed by atoms with Crippen molar-refractivity contribution in [2.45, 2.75) is 6.54 Å². The first-order chi connectivity index (χ1) is 12.6. The maximum Gasteiger partial charge on any atom is 0.336 e. The number of hydrogen-bond acceptors (Lipinski definition) is 3. The van der Waals surface area contributed by atoms with Gasteiger partial charge >= 0.3 is 5.69 Å². The molecule has 0 saturated heterocycles. The Morgan fingerprint density at radius 2 is 1.85 bits per heavy atom. The van der Waals surface area contributed by atoms with Crippen LogP contribution in [0.2, 0.25) is 5.02 Å². The molecular weight excluding hydrogens is 375 g/mol. The van der Waals surface area contributed by atoms with Crippen molar-refractivity contribution in [3.05, 3.63) is 97.2 Å². The smallest absolute Gasteiger partial charge is 0.288 e. The Morgan fingerprint density at radius 3 is 2.62 bits per heavy atom. The molecule has 26 heavy (non-hydrogen) atoms. The van der Waals surface area contributed by atoms with E-state index in [1.807, 2.05) is 6.07 Å². The molecule has 0 unspecified atom stereocenters. The van der Waals surface area contributed by atoms with Crippen molar-refractivity contribution in [2.75, 3.05) is 0 Å². The van der Waals surface area contributed by atoms with Crippen LogP contribution in [0.15, 0.2) is 69.6 Å². The molecule has 0 aliphatic carbocycles. The molecule has 4 rings (SSSR count). The summed E-state index contributed by atoms with van der Waals surface area (Å²) in [5, 5.41) is 2.30. The highest BCUT2D eigenvalue weighted by atomic mass is 35.5. The lowest BCUT2D eigenvalue weighted by molar-refractivity contribution is 0.607. The van der Waals surface area contributed by atoms with Crippen LogP contribution in [0.1, 0.15) is 5.56 Å². The first kappa shape index (κ1) is 16.8. The minimum Gasteiger partial charge on any atom is -0.288 e. The highest BCUT2D eigenvalue weighted by Gasteiger charge is 2.17. The van der Waals surface area contributed by atoms with Crippen LogP contribution in [0.5, 0.6) is 0 Å². The molecule has 0 saturated carbocycles. The van der Waals surface area contributed by atoms with Gasteiger partial charge < -0.3 is 0 Å². The molecule has 0 fully saturated rings. The van der Waals surface area contributed by atoms with Crippen LogP contribution in [0, 0.1) is 5.82 Å². The van der Waals surface area contributed by atoms with Gasteiger partial charge in [-0.05, 0) is 41.3 Å². The van der Waals surface area contributed by atoms with Crippen LogP contribution in [0.25, 0.3) is 15.9 Å². The summed E-state index contributed by atoms with van der Waals surface area (Å²) in [4.78, 5) is 25.9. The number of benzene rings is 2. The highest BCUT2D eigenvalue weighted by molar-refractivity contribution is 7.17. The van der Waals surface area contributed by atoms with Crippen molar-refractivity contribution >= 4 is 33.2 Å². The molecule has 0 N–H and O–H groups in total. The van der Waals surface area contributed by atoms with Crippen molar-refractivity contribution in [1.82, 2.24) is 9.13 Å². The maximum absolute atomic E-state index is 14.3. The predicted octanol–water partition coefficient (Wildman–Crippen LogP) is 4.05. The fourth-order valence-electron chi connectivity index (χ4n) is 2.90. The van der Waals surface area contributed by atoms with Crippen LogP contribution in [-0.2, 0) is 6.54 Å². The summed E-state index contributed by atoms with van der Waals surface area (Å²) in [6.07, 6.45) is 0. The van der Waals surface area contributed by atoms with E-state index in [1.165, 1.54) is 34.1 Å². The minimum atomic E-state index is -0.628. The van der Waals surface area contributed by atoms with Gasteiger partial charge in [0.1, 0.15) is 10.5 Å². The minimum absolute atomic E-state index is 0.0577. The van der Waals surface area contributed by atoms with Crippen LogP contribution >= 0.6 is 22.9 Å². The summed E-state index contributed by atoms with van der Waals surface area (Å²) >= 11 is 7.25.